The lowest BCUT2D eigenvalue weighted by molar-refractivity contribution is 0.183. The first-order chi connectivity index (χ1) is 11.9. The van der Waals surface area contributed by atoms with Crippen molar-refractivity contribution in [3.8, 4) is 0 Å². The minimum absolute atomic E-state index is 0.177. The Morgan fingerprint density at radius 1 is 1.36 bits per heavy atom. The van der Waals surface area contributed by atoms with Gasteiger partial charge in [0.2, 0.25) is 0 Å². The van der Waals surface area contributed by atoms with Gasteiger partial charge in [-0.15, -0.1) is 0 Å². The topological polar surface area (TPSA) is 39.7 Å². The molecule has 0 aliphatic carbocycles. The largest absolute Gasteiger partial charge is 0.356 e. The van der Waals surface area contributed by atoms with Crippen LogP contribution in [0.25, 0.3) is 0 Å². The van der Waals surface area contributed by atoms with Gasteiger partial charge in [-0.25, -0.2) is 4.39 Å². The third-order valence-corrected chi connectivity index (χ3v) is 5.14. The molecule has 0 spiro atoms. The van der Waals surface area contributed by atoms with Crippen molar-refractivity contribution in [2.75, 3.05) is 39.8 Å². The van der Waals surface area contributed by atoms with Crippen molar-refractivity contribution in [1.29, 1.82) is 0 Å². The van der Waals surface area contributed by atoms with Gasteiger partial charge in [-0.3, -0.25) is 4.99 Å². The number of hydrogen-bond acceptors (Lipinski definition) is 2. The molecular formula is C20H33FN4. The normalized spacial score (nSPS) is 19.7. The van der Waals surface area contributed by atoms with E-state index >= 15 is 0 Å². The maximum absolute atomic E-state index is 13.5. The molecule has 0 bridgehead atoms. The van der Waals surface area contributed by atoms with Crippen LogP contribution in [0.4, 0.5) is 4.39 Å². The molecule has 1 aromatic rings. The zero-order valence-corrected chi connectivity index (χ0v) is 16.1. The Kier molecular flexibility index (Phi) is 7.24. The molecule has 140 valence electrons. The molecule has 1 aliphatic rings. The molecule has 1 fully saturated rings. The zero-order valence-electron chi connectivity index (χ0n) is 16.1. The highest BCUT2D eigenvalue weighted by Crippen LogP contribution is 2.22. The predicted octanol–water partition coefficient (Wildman–Crippen LogP) is 3.00. The van der Waals surface area contributed by atoms with Gasteiger partial charge < -0.3 is 15.5 Å². The van der Waals surface area contributed by atoms with Crippen LogP contribution in [0.2, 0.25) is 0 Å². The maximum atomic E-state index is 13.5. The molecule has 2 N–H and O–H groups in total. The smallest absolute Gasteiger partial charge is 0.191 e. The third kappa shape index (κ3) is 5.99. The number of aliphatic imine (C=N–C) groups is 1. The molecule has 5 heteroatoms. The van der Waals surface area contributed by atoms with E-state index in [0.29, 0.717) is 12.5 Å². The first-order valence-corrected chi connectivity index (χ1v) is 9.37. The van der Waals surface area contributed by atoms with Gasteiger partial charge in [-0.2, -0.15) is 0 Å². The Labute approximate surface area is 151 Å². The van der Waals surface area contributed by atoms with Crippen LogP contribution in [0.1, 0.15) is 39.2 Å². The van der Waals surface area contributed by atoms with Gasteiger partial charge in [0.05, 0.1) is 0 Å². The monoisotopic (exact) mass is 348 g/mol. The van der Waals surface area contributed by atoms with E-state index < -0.39 is 0 Å². The Hall–Kier alpha value is -1.62. The van der Waals surface area contributed by atoms with E-state index in [-0.39, 0.29) is 11.2 Å². The van der Waals surface area contributed by atoms with Crippen LogP contribution >= 0.6 is 0 Å². The molecule has 0 saturated carbocycles. The first kappa shape index (κ1) is 19.7. The second-order valence-electron chi connectivity index (χ2n) is 7.60. The molecule has 0 aromatic heterocycles. The van der Waals surface area contributed by atoms with Gasteiger partial charge in [-0.1, -0.05) is 32.9 Å². The van der Waals surface area contributed by atoms with Crippen molar-refractivity contribution in [2.24, 2.45) is 10.9 Å². The fourth-order valence-electron chi connectivity index (χ4n) is 3.38. The summed E-state index contributed by atoms with van der Waals surface area (Å²) in [4.78, 5) is 6.85. The Bertz CT molecular complexity index is 571. The minimum Gasteiger partial charge on any atom is -0.356 e. The number of likely N-dealkylation sites (tertiary alicyclic amines) is 1. The van der Waals surface area contributed by atoms with E-state index in [1.165, 1.54) is 25.5 Å². The van der Waals surface area contributed by atoms with Crippen molar-refractivity contribution < 1.29 is 4.39 Å². The highest BCUT2D eigenvalue weighted by Gasteiger charge is 2.22. The van der Waals surface area contributed by atoms with E-state index in [0.717, 1.165) is 31.2 Å². The number of guanidine groups is 1. The van der Waals surface area contributed by atoms with Crippen molar-refractivity contribution in [3.63, 3.8) is 0 Å². The number of rotatable bonds is 6. The summed E-state index contributed by atoms with van der Waals surface area (Å²) < 4.78 is 13.5. The van der Waals surface area contributed by atoms with Crippen LogP contribution in [-0.2, 0) is 5.41 Å². The number of hydrogen-bond donors (Lipinski definition) is 2. The zero-order chi connectivity index (χ0) is 18.3. The van der Waals surface area contributed by atoms with Crippen molar-refractivity contribution >= 4 is 5.96 Å². The van der Waals surface area contributed by atoms with Gasteiger partial charge in [0, 0.05) is 32.1 Å². The molecule has 2 rings (SSSR count). The average Bonchev–Trinajstić information content (AvgIpc) is 2.62. The van der Waals surface area contributed by atoms with Gasteiger partial charge in [0.15, 0.2) is 5.96 Å². The molecule has 1 saturated heterocycles. The van der Waals surface area contributed by atoms with Crippen LogP contribution in [0.5, 0.6) is 0 Å². The van der Waals surface area contributed by atoms with E-state index in [2.05, 4.69) is 41.3 Å². The van der Waals surface area contributed by atoms with E-state index in [4.69, 9.17) is 0 Å². The SMILES string of the molecule is CCN1CCCC(CNC(=NC)NCC(C)(C)c2cccc(F)c2)C1. The molecule has 4 nitrogen and oxygen atoms in total. The molecule has 1 heterocycles. The molecular weight excluding hydrogens is 315 g/mol. The standard InChI is InChI=1S/C20H33FN4/c1-5-25-11-7-8-16(14-25)13-23-19(22-4)24-15-20(2,3)17-9-6-10-18(21)12-17/h6,9-10,12,16H,5,7-8,11,13-15H2,1-4H3,(H2,22,23,24). The fraction of sp³-hybridized carbons (Fsp3) is 0.650. The molecule has 1 aromatic carbocycles. The summed E-state index contributed by atoms with van der Waals surface area (Å²) in [5, 5.41) is 6.85. The Balaban J connectivity index is 1.83. The quantitative estimate of drug-likeness (QED) is 0.613. The van der Waals surface area contributed by atoms with E-state index in [1.54, 1.807) is 19.2 Å². The van der Waals surface area contributed by atoms with E-state index in [1.807, 2.05) is 6.07 Å². The molecule has 1 aliphatic heterocycles. The Morgan fingerprint density at radius 3 is 2.84 bits per heavy atom. The fourth-order valence-corrected chi connectivity index (χ4v) is 3.38. The summed E-state index contributed by atoms with van der Waals surface area (Å²) in [5.74, 6) is 1.30. The lowest BCUT2D eigenvalue weighted by Crippen LogP contribution is -2.47. The second-order valence-corrected chi connectivity index (χ2v) is 7.60. The van der Waals surface area contributed by atoms with Crippen molar-refractivity contribution in [2.45, 2.75) is 39.0 Å². The van der Waals surface area contributed by atoms with Crippen LogP contribution < -0.4 is 10.6 Å². The summed E-state index contributed by atoms with van der Waals surface area (Å²) >= 11 is 0. The van der Waals surface area contributed by atoms with Gasteiger partial charge in [0.25, 0.3) is 0 Å². The molecule has 0 radical (unpaired) electrons. The number of nitrogens with one attached hydrogen (secondary N) is 2. The van der Waals surface area contributed by atoms with Crippen LogP contribution in [0, 0.1) is 11.7 Å². The van der Waals surface area contributed by atoms with Crippen LogP contribution in [0.15, 0.2) is 29.3 Å². The summed E-state index contributed by atoms with van der Waals surface area (Å²) in [5.41, 5.74) is 0.810. The lowest BCUT2D eigenvalue weighted by Gasteiger charge is -2.32. The lowest BCUT2D eigenvalue weighted by atomic mass is 9.84. The third-order valence-electron chi connectivity index (χ3n) is 5.14. The van der Waals surface area contributed by atoms with Crippen LogP contribution in [-0.4, -0.2) is 50.6 Å². The number of nitrogens with zero attached hydrogens (tertiary/aromatic N) is 2. The number of piperidine rings is 1. The highest BCUT2D eigenvalue weighted by atomic mass is 19.1. The van der Waals surface area contributed by atoms with Crippen molar-refractivity contribution in [1.82, 2.24) is 15.5 Å². The summed E-state index contributed by atoms with van der Waals surface area (Å²) in [6.45, 7) is 11.6. The van der Waals surface area contributed by atoms with Gasteiger partial charge in [0.1, 0.15) is 5.82 Å². The molecule has 0 amide bonds. The molecule has 25 heavy (non-hydrogen) atoms. The summed E-state index contributed by atoms with van der Waals surface area (Å²) in [6, 6.07) is 6.83. The minimum atomic E-state index is -0.189. The van der Waals surface area contributed by atoms with Crippen LogP contribution in [0.3, 0.4) is 0 Å². The predicted molar refractivity (Wildman–Crippen MR) is 104 cm³/mol. The Morgan fingerprint density at radius 2 is 2.16 bits per heavy atom. The van der Waals surface area contributed by atoms with Crippen molar-refractivity contribution in [3.05, 3.63) is 35.6 Å². The number of halogens is 1. The second kappa shape index (κ2) is 9.18. The number of benzene rings is 1. The molecule has 1 atom stereocenters. The van der Waals surface area contributed by atoms with Gasteiger partial charge >= 0.3 is 0 Å². The summed E-state index contributed by atoms with van der Waals surface area (Å²) in [7, 11) is 1.80. The van der Waals surface area contributed by atoms with Gasteiger partial charge in [-0.05, 0) is 49.5 Å². The first-order valence-electron chi connectivity index (χ1n) is 9.37. The maximum Gasteiger partial charge on any atom is 0.191 e. The highest BCUT2D eigenvalue weighted by molar-refractivity contribution is 5.79. The molecule has 1 unspecified atom stereocenters. The summed E-state index contributed by atoms with van der Waals surface area (Å²) in [6.07, 6.45) is 2.55. The average molecular weight is 349 g/mol. The van der Waals surface area contributed by atoms with E-state index in [9.17, 15) is 4.39 Å².